The van der Waals surface area contributed by atoms with E-state index >= 15 is 0 Å². The molecule has 0 bridgehead atoms. The van der Waals surface area contributed by atoms with Crippen LogP contribution in [0.15, 0.2) is 60.7 Å². The number of aliphatic hydroxyl groups excluding tert-OH is 2. The van der Waals surface area contributed by atoms with E-state index in [1.165, 1.54) is 11.1 Å². The van der Waals surface area contributed by atoms with Gasteiger partial charge in [-0.2, -0.15) is 0 Å². The predicted molar refractivity (Wildman–Crippen MR) is 80.3 cm³/mol. The highest BCUT2D eigenvalue weighted by Gasteiger charge is 2.15. The van der Waals surface area contributed by atoms with Crippen molar-refractivity contribution in [1.82, 2.24) is 0 Å². The Labute approximate surface area is 118 Å². The number of hydrogen-bond donors (Lipinski definition) is 2. The normalized spacial score (nSPS) is 12.6. The molecule has 0 aliphatic heterocycles. The summed E-state index contributed by atoms with van der Waals surface area (Å²) >= 11 is 1.65. The van der Waals surface area contributed by atoms with E-state index < -0.39 is 6.10 Å². The monoisotopic (exact) mass is 274 g/mol. The maximum Gasteiger partial charge on any atom is 0.0861 e. The fraction of sp³-hybridized carbons (Fsp3) is 0.250. The molecule has 1 atom stereocenters. The average Bonchev–Trinajstić information content (AvgIpc) is 2.49. The maximum absolute atomic E-state index is 9.53. The van der Waals surface area contributed by atoms with E-state index in [1.807, 2.05) is 36.4 Å². The van der Waals surface area contributed by atoms with Crippen LogP contribution in [0.25, 0.3) is 0 Å². The summed E-state index contributed by atoms with van der Waals surface area (Å²) in [6.45, 7) is -0.191. The van der Waals surface area contributed by atoms with Gasteiger partial charge in [0.1, 0.15) is 0 Å². The Bertz CT molecular complexity index is 433. The minimum absolute atomic E-state index is 0.184. The van der Waals surface area contributed by atoms with Crippen molar-refractivity contribution in [2.75, 3.05) is 12.4 Å². The Kier molecular flexibility index (Phi) is 5.45. The lowest BCUT2D eigenvalue weighted by atomic mass is 10.0. The fourth-order valence-electron chi connectivity index (χ4n) is 1.90. The lowest BCUT2D eigenvalue weighted by Crippen LogP contribution is -2.16. The Balaban J connectivity index is 2.19. The Morgan fingerprint density at radius 2 is 1.32 bits per heavy atom. The van der Waals surface area contributed by atoms with Gasteiger partial charge in [0.25, 0.3) is 0 Å². The van der Waals surface area contributed by atoms with Crippen LogP contribution in [0, 0.1) is 0 Å². The fourth-order valence-corrected chi connectivity index (χ4v) is 3.12. The molecule has 3 heteroatoms. The Morgan fingerprint density at radius 3 is 1.74 bits per heavy atom. The van der Waals surface area contributed by atoms with Crippen molar-refractivity contribution in [1.29, 1.82) is 0 Å². The van der Waals surface area contributed by atoms with Gasteiger partial charge in [0.2, 0.25) is 0 Å². The van der Waals surface area contributed by atoms with Crippen molar-refractivity contribution in [3.05, 3.63) is 71.8 Å². The molecule has 0 aromatic heterocycles. The quantitative estimate of drug-likeness (QED) is 0.851. The third-order valence-corrected chi connectivity index (χ3v) is 4.33. The molecule has 0 aliphatic rings. The van der Waals surface area contributed by atoms with Gasteiger partial charge in [-0.3, -0.25) is 0 Å². The van der Waals surface area contributed by atoms with Crippen LogP contribution in [0.3, 0.4) is 0 Å². The minimum Gasteiger partial charge on any atom is -0.394 e. The van der Waals surface area contributed by atoms with Crippen LogP contribution < -0.4 is 0 Å². The first-order valence-electron chi connectivity index (χ1n) is 6.31. The predicted octanol–water partition coefficient (Wildman–Crippen LogP) is 2.86. The molecule has 0 heterocycles. The van der Waals surface area contributed by atoms with Crippen molar-refractivity contribution in [3.63, 3.8) is 0 Å². The second-order valence-electron chi connectivity index (χ2n) is 4.37. The van der Waals surface area contributed by atoms with Crippen LogP contribution in [-0.2, 0) is 0 Å². The molecule has 0 radical (unpaired) electrons. The molecule has 19 heavy (non-hydrogen) atoms. The molecule has 1 unspecified atom stereocenters. The third-order valence-electron chi connectivity index (χ3n) is 2.87. The largest absolute Gasteiger partial charge is 0.394 e. The van der Waals surface area contributed by atoms with Crippen molar-refractivity contribution >= 4 is 11.8 Å². The number of aliphatic hydroxyl groups is 2. The van der Waals surface area contributed by atoms with Crippen LogP contribution in [0.4, 0.5) is 0 Å². The van der Waals surface area contributed by atoms with Crippen molar-refractivity contribution in [3.8, 4) is 0 Å². The summed E-state index contributed by atoms with van der Waals surface area (Å²) < 4.78 is 0. The highest BCUT2D eigenvalue weighted by Crippen LogP contribution is 2.35. The van der Waals surface area contributed by atoms with E-state index in [2.05, 4.69) is 24.3 Å². The summed E-state index contributed by atoms with van der Waals surface area (Å²) in [4.78, 5) is 0. The first-order chi connectivity index (χ1) is 9.31. The molecule has 100 valence electrons. The van der Waals surface area contributed by atoms with Gasteiger partial charge >= 0.3 is 0 Å². The molecule has 2 N–H and O–H groups in total. The van der Waals surface area contributed by atoms with Gasteiger partial charge < -0.3 is 10.2 Å². The van der Waals surface area contributed by atoms with Gasteiger partial charge in [-0.25, -0.2) is 0 Å². The number of thioether (sulfide) groups is 1. The molecule has 0 fully saturated rings. The maximum atomic E-state index is 9.53. The average molecular weight is 274 g/mol. The molecule has 2 aromatic carbocycles. The molecular formula is C16H18O2S. The Hall–Kier alpha value is -1.29. The lowest BCUT2D eigenvalue weighted by Gasteiger charge is -2.19. The molecule has 2 rings (SSSR count). The highest BCUT2D eigenvalue weighted by atomic mass is 32.2. The van der Waals surface area contributed by atoms with Gasteiger partial charge in [-0.05, 0) is 11.1 Å². The van der Waals surface area contributed by atoms with Crippen LogP contribution >= 0.6 is 11.8 Å². The topological polar surface area (TPSA) is 40.5 Å². The van der Waals surface area contributed by atoms with E-state index in [0.717, 1.165) is 0 Å². The van der Waals surface area contributed by atoms with E-state index in [-0.39, 0.29) is 11.9 Å². The summed E-state index contributed by atoms with van der Waals surface area (Å²) in [7, 11) is 0. The summed E-state index contributed by atoms with van der Waals surface area (Å²) in [5.74, 6) is 0.519. The standard InChI is InChI=1S/C16H18O2S/c17-11-15(18)12-19-16(13-7-3-1-4-8-13)14-9-5-2-6-10-14/h1-10,15-18H,11-12H2. The zero-order chi connectivity index (χ0) is 13.5. The number of hydrogen-bond acceptors (Lipinski definition) is 3. The van der Waals surface area contributed by atoms with Crippen molar-refractivity contribution < 1.29 is 10.2 Å². The second kappa shape index (κ2) is 7.34. The molecule has 0 aliphatic carbocycles. The summed E-state index contributed by atoms with van der Waals surface area (Å²) in [6, 6.07) is 20.5. The summed E-state index contributed by atoms with van der Waals surface area (Å²) in [5.41, 5.74) is 2.42. The first kappa shape index (κ1) is 14.1. The molecule has 2 aromatic rings. The summed E-state index contributed by atoms with van der Waals surface area (Å²) in [6.07, 6.45) is -0.667. The van der Waals surface area contributed by atoms with E-state index in [0.29, 0.717) is 5.75 Å². The zero-order valence-electron chi connectivity index (χ0n) is 10.6. The SMILES string of the molecule is OCC(O)CSC(c1ccccc1)c1ccccc1. The summed E-state index contributed by atoms with van der Waals surface area (Å²) in [5, 5.41) is 18.6. The number of rotatable bonds is 6. The van der Waals surface area contributed by atoms with Crippen LogP contribution in [-0.4, -0.2) is 28.7 Å². The molecule has 0 saturated carbocycles. The Morgan fingerprint density at radius 1 is 0.842 bits per heavy atom. The smallest absolute Gasteiger partial charge is 0.0861 e. The molecular weight excluding hydrogens is 256 g/mol. The van der Waals surface area contributed by atoms with Crippen LogP contribution in [0.2, 0.25) is 0 Å². The lowest BCUT2D eigenvalue weighted by molar-refractivity contribution is 0.113. The molecule has 0 amide bonds. The molecule has 0 spiro atoms. The molecule has 0 saturated heterocycles. The third kappa shape index (κ3) is 4.10. The van der Waals surface area contributed by atoms with Crippen LogP contribution in [0.5, 0.6) is 0 Å². The van der Waals surface area contributed by atoms with Gasteiger partial charge in [0, 0.05) is 5.75 Å². The zero-order valence-corrected chi connectivity index (χ0v) is 11.5. The van der Waals surface area contributed by atoms with Gasteiger partial charge in [-0.15, -0.1) is 11.8 Å². The van der Waals surface area contributed by atoms with Crippen molar-refractivity contribution in [2.24, 2.45) is 0 Å². The van der Waals surface area contributed by atoms with E-state index in [9.17, 15) is 5.11 Å². The number of benzene rings is 2. The highest BCUT2D eigenvalue weighted by molar-refractivity contribution is 7.99. The van der Waals surface area contributed by atoms with Crippen LogP contribution in [0.1, 0.15) is 16.4 Å². The molecule has 2 nitrogen and oxygen atoms in total. The van der Waals surface area contributed by atoms with Gasteiger partial charge in [-0.1, -0.05) is 60.7 Å². The van der Waals surface area contributed by atoms with E-state index in [1.54, 1.807) is 11.8 Å². The first-order valence-corrected chi connectivity index (χ1v) is 7.36. The van der Waals surface area contributed by atoms with Crippen molar-refractivity contribution in [2.45, 2.75) is 11.4 Å². The van der Waals surface area contributed by atoms with Gasteiger partial charge in [0.15, 0.2) is 0 Å². The van der Waals surface area contributed by atoms with Gasteiger partial charge in [0.05, 0.1) is 18.0 Å². The minimum atomic E-state index is -0.667. The van der Waals surface area contributed by atoms with E-state index in [4.69, 9.17) is 5.11 Å². The second-order valence-corrected chi connectivity index (χ2v) is 5.51.